The van der Waals surface area contributed by atoms with Crippen molar-refractivity contribution < 1.29 is 0 Å². The molecule has 0 atom stereocenters. The fraction of sp³-hybridized carbons (Fsp3) is 0.643. The highest BCUT2D eigenvalue weighted by Gasteiger charge is 2.18. The quantitative estimate of drug-likeness (QED) is 0.860. The Balaban J connectivity index is 1.82. The number of rotatable bonds is 4. The summed E-state index contributed by atoms with van der Waals surface area (Å²) in [6.45, 7) is 6.65. The molecule has 1 aromatic heterocycles. The lowest BCUT2D eigenvalue weighted by Gasteiger charge is -2.31. The average Bonchev–Trinajstić information content (AvgIpc) is 2.32. The molecule has 2 heterocycles. The number of piperidine rings is 1. The number of hydrogen-bond acceptors (Lipinski definition) is 3. The van der Waals surface area contributed by atoms with Gasteiger partial charge in [0.15, 0.2) is 0 Å². The highest BCUT2D eigenvalue weighted by molar-refractivity contribution is 5.09. The van der Waals surface area contributed by atoms with Crippen LogP contribution in [0.25, 0.3) is 0 Å². The van der Waals surface area contributed by atoms with Crippen LogP contribution in [0.2, 0.25) is 0 Å². The molecule has 0 aliphatic carbocycles. The first-order valence-corrected chi connectivity index (χ1v) is 6.57. The van der Waals surface area contributed by atoms with E-state index in [4.69, 9.17) is 0 Å². The van der Waals surface area contributed by atoms with Crippen LogP contribution in [-0.2, 0) is 6.54 Å². The summed E-state index contributed by atoms with van der Waals surface area (Å²) in [6.07, 6.45) is 2.62. The van der Waals surface area contributed by atoms with E-state index in [9.17, 15) is 0 Å². The molecule has 1 aliphatic rings. The van der Waals surface area contributed by atoms with Crippen LogP contribution in [0.15, 0.2) is 18.2 Å². The van der Waals surface area contributed by atoms with Crippen molar-refractivity contribution in [1.29, 1.82) is 0 Å². The van der Waals surface area contributed by atoms with Gasteiger partial charge in [-0.25, -0.2) is 0 Å². The summed E-state index contributed by atoms with van der Waals surface area (Å²) in [5.74, 6) is 0.863. The maximum Gasteiger partial charge on any atom is 0.0547 e. The number of hydrogen-bond donors (Lipinski definition) is 1. The van der Waals surface area contributed by atoms with E-state index in [1.165, 1.54) is 31.6 Å². The highest BCUT2D eigenvalue weighted by Crippen LogP contribution is 2.17. The molecule has 17 heavy (non-hydrogen) atoms. The van der Waals surface area contributed by atoms with Crippen LogP contribution in [0.1, 0.15) is 24.2 Å². The van der Waals surface area contributed by atoms with Crippen LogP contribution < -0.4 is 5.32 Å². The van der Waals surface area contributed by atoms with Crippen LogP contribution in [0.5, 0.6) is 0 Å². The molecule has 1 fully saturated rings. The third-order valence-corrected chi connectivity index (χ3v) is 3.53. The Hall–Kier alpha value is -0.930. The van der Waals surface area contributed by atoms with E-state index < -0.39 is 0 Å². The minimum Gasteiger partial charge on any atom is -0.319 e. The third kappa shape index (κ3) is 3.79. The zero-order valence-corrected chi connectivity index (χ0v) is 10.9. The van der Waals surface area contributed by atoms with Crippen molar-refractivity contribution in [2.24, 2.45) is 5.92 Å². The SMILES string of the molecule is CNCC1CCN(Cc2cccc(C)n2)CC1. The molecule has 0 spiro atoms. The van der Waals surface area contributed by atoms with E-state index in [0.717, 1.165) is 24.7 Å². The predicted octanol–water partition coefficient (Wildman–Crippen LogP) is 1.82. The molecule has 94 valence electrons. The maximum absolute atomic E-state index is 4.57. The summed E-state index contributed by atoms with van der Waals surface area (Å²) < 4.78 is 0. The van der Waals surface area contributed by atoms with Crippen molar-refractivity contribution >= 4 is 0 Å². The van der Waals surface area contributed by atoms with Crippen molar-refractivity contribution in [2.45, 2.75) is 26.3 Å². The van der Waals surface area contributed by atoms with Gasteiger partial charge < -0.3 is 5.32 Å². The van der Waals surface area contributed by atoms with Gasteiger partial charge in [-0.3, -0.25) is 9.88 Å². The first kappa shape index (κ1) is 12.5. The van der Waals surface area contributed by atoms with Crippen LogP contribution in [0, 0.1) is 12.8 Å². The van der Waals surface area contributed by atoms with Gasteiger partial charge in [-0.2, -0.15) is 0 Å². The molecule has 0 saturated carbocycles. The van der Waals surface area contributed by atoms with Crippen molar-refractivity contribution in [3.8, 4) is 0 Å². The molecule has 0 bridgehead atoms. The molecule has 2 rings (SSSR count). The lowest BCUT2D eigenvalue weighted by molar-refractivity contribution is 0.175. The lowest BCUT2D eigenvalue weighted by atomic mass is 9.97. The molecule has 0 aromatic carbocycles. The number of nitrogens with zero attached hydrogens (tertiary/aromatic N) is 2. The smallest absolute Gasteiger partial charge is 0.0547 e. The molecule has 1 aliphatic heterocycles. The Morgan fingerprint density at radius 2 is 2.12 bits per heavy atom. The normalized spacial score (nSPS) is 18.5. The molecule has 3 nitrogen and oxygen atoms in total. The van der Waals surface area contributed by atoms with Crippen molar-refractivity contribution in [3.05, 3.63) is 29.6 Å². The first-order valence-electron chi connectivity index (χ1n) is 6.57. The van der Waals surface area contributed by atoms with Gasteiger partial charge in [-0.15, -0.1) is 0 Å². The average molecular weight is 233 g/mol. The standard InChI is InChI=1S/C14H23N3/c1-12-4-3-5-14(16-12)11-17-8-6-13(7-9-17)10-15-2/h3-5,13,15H,6-11H2,1-2H3. The molecular formula is C14H23N3. The van der Waals surface area contributed by atoms with E-state index in [1.54, 1.807) is 0 Å². The molecule has 0 unspecified atom stereocenters. The van der Waals surface area contributed by atoms with Gasteiger partial charge in [0.05, 0.1) is 5.69 Å². The van der Waals surface area contributed by atoms with Crippen LogP contribution in [0.4, 0.5) is 0 Å². The molecule has 1 N–H and O–H groups in total. The molecule has 1 aromatic rings. The van der Waals surface area contributed by atoms with Crippen molar-refractivity contribution in [1.82, 2.24) is 15.2 Å². The highest BCUT2D eigenvalue weighted by atomic mass is 15.1. The Bertz CT molecular complexity index is 343. The maximum atomic E-state index is 4.57. The molecular weight excluding hydrogens is 210 g/mol. The van der Waals surface area contributed by atoms with Gasteiger partial charge >= 0.3 is 0 Å². The summed E-state index contributed by atoms with van der Waals surface area (Å²) in [5.41, 5.74) is 2.32. The van der Waals surface area contributed by atoms with Crippen LogP contribution >= 0.6 is 0 Å². The van der Waals surface area contributed by atoms with Gasteiger partial charge in [0, 0.05) is 12.2 Å². The monoisotopic (exact) mass is 233 g/mol. The fourth-order valence-electron chi connectivity index (χ4n) is 2.55. The number of likely N-dealkylation sites (tertiary alicyclic amines) is 1. The summed E-state index contributed by atoms with van der Waals surface area (Å²) in [4.78, 5) is 7.09. The number of pyridine rings is 1. The van der Waals surface area contributed by atoms with Gasteiger partial charge in [-0.1, -0.05) is 6.07 Å². The summed E-state index contributed by atoms with van der Waals surface area (Å²) in [7, 11) is 2.04. The molecule has 0 radical (unpaired) electrons. The Kier molecular flexibility index (Phi) is 4.51. The summed E-state index contributed by atoms with van der Waals surface area (Å²) in [5, 5.41) is 3.28. The largest absolute Gasteiger partial charge is 0.319 e. The third-order valence-electron chi connectivity index (χ3n) is 3.53. The Labute approximate surface area is 104 Å². The lowest BCUT2D eigenvalue weighted by Crippen LogP contribution is -2.36. The van der Waals surface area contributed by atoms with Gasteiger partial charge in [0.2, 0.25) is 0 Å². The zero-order chi connectivity index (χ0) is 12.1. The van der Waals surface area contributed by atoms with Gasteiger partial charge in [0.25, 0.3) is 0 Å². The first-order chi connectivity index (χ1) is 8.28. The van der Waals surface area contributed by atoms with E-state index in [-0.39, 0.29) is 0 Å². The number of nitrogens with one attached hydrogen (secondary N) is 1. The molecule has 1 saturated heterocycles. The summed E-state index contributed by atoms with van der Waals surface area (Å²) in [6, 6.07) is 6.29. The second kappa shape index (κ2) is 6.12. The molecule has 0 amide bonds. The molecule has 3 heteroatoms. The predicted molar refractivity (Wildman–Crippen MR) is 70.9 cm³/mol. The Morgan fingerprint density at radius 3 is 2.76 bits per heavy atom. The Morgan fingerprint density at radius 1 is 1.35 bits per heavy atom. The van der Waals surface area contributed by atoms with E-state index in [2.05, 4.69) is 40.3 Å². The second-order valence-electron chi connectivity index (χ2n) is 5.05. The van der Waals surface area contributed by atoms with Crippen LogP contribution in [-0.4, -0.2) is 36.6 Å². The van der Waals surface area contributed by atoms with Crippen LogP contribution in [0.3, 0.4) is 0 Å². The minimum absolute atomic E-state index is 0.863. The van der Waals surface area contributed by atoms with E-state index in [0.29, 0.717) is 0 Å². The number of aryl methyl sites for hydroxylation is 1. The topological polar surface area (TPSA) is 28.2 Å². The van der Waals surface area contributed by atoms with Gasteiger partial charge in [-0.05, 0) is 64.5 Å². The zero-order valence-electron chi connectivity index (χ0n) is 10.9. The van der Waals surface area contributed by atoms with Gasteiger partial charge in [0.1, 0.15) is 0 Å². The van der Waals surface area contributed by atoms with Crippen molar-refractivity contribution in [3.63, 3.8) is 0 Å². The second-order valence-corrected chi connectivity index (χ2v) is 5.05. The van der Waals surface area contributed by atoms with Crippen molar-refractivity contribution in [2.75, 3.05) is 26.7 Å². The van der Waals surface area contributed by atoms with E-state index in [1.807, 2.05) is 7.05 Å². The van der Waals surface area contributed by atoms with E-state index >= 15 is 0 Å². The number of aromatic nitrogens is 1. The minimum atomic E-state index is 0.863. The fourth-order valence-corrected chi connectivity index (χ4v) is 2.55. The summed E-state index contributed by atoms with van der Waals surface area (Å²) >= 11 is 0.